The zero-order valence-corrected chi connectivity index (χ0v) is 16.9. The molecule has 0 aliphatic heterocycles. The number of methoxy groups -OCH3 is 1. The van der Waals surface area contributed by atoms with Crippen molar-refractivity contribution in [3.63, 3.8) is 0 Å². The first-order valence-corrected chi connectivity index (χ1v) is 9.79. The largest absolute Gasteiger partial charge is 0.495 e. The summed E-state index contributed by atoms with van der Waals surface area (Å²) in [6.07, 6.45) is 3.44. The topological polar surface area (TPSA) is 73.2 Å². The molecule has 0 saturated carbocycles. The number of halogens is 1. The van der Waals surface area contributed by atoms with Crippen molar-refractivity contribution in [2.75, 3.05) is 12.4 Å². The summed E-state index contributed by atoms with van der Waals surface area (Å²) in [4.78, 5) is 31.0. The van der Waals surface area contributed by atoms with E-state index in [4.69, 9.17) is 16.3 Å². The number of amides is 1. The number of ether oxygens (including phenoxy) is 1. The van der Waals surface area contributed by atoms with Crippen molar-refractivity contribution < 1.29 is 9.53 Å². The molecule has 0 aliphatic carbocycles. The number of fused-ring (bicyclic) bond motifs is 1. The van der Waals surface area contributed by atoms with Crippen molar-refractivity contribution in [1.82, 2.24) is 9.55 Å². The van der Waals surface area contributed by atoms with Crippen molar-refractivity contribution in [3.05, 3.63) is 50.3 Å². The third-order valence-corrected chi connectivity index (χ3v) is 5.72. The zero-order valence-electron chi connectivity index (χ0n) is 15.3. The fourth-order valence-corrected chi connectivity index (χ4v) is 4.03. The number of thiophene rings is 1. The van der Waals surface area contributed by atoms with E-state index in [0.717, 1.165) is 12.8 Å². The third kappa shape index (κ3) is 3.84. The van der Waals surface area contributed by atoms with Gasteiger partial charge in [-0.1, -0.05) is 24.9 Å². The lowest BCUT2D eigenvalue weighted by Gasteiger charge is -2.10. The van der Waals surface area contributed by atoms with Crippen LogP contribution in [-0.4, -0.2) is 22.6 Å². The van der Waals surface area contributed by atoms with Gasteiger partial charge in [-0.15, -0.1) is 11.3 Å². The summed E-state index contributed by atoms with van der Waals surface area (Å²) in [7, 11) is 1.52. The smallest absolute Gasteiger partial charge is 0.266 e. The first-order valence-electron chi connectivity index (χ1n) is 8.59. The van der Waals surface area contributed by atoms with Gasteiger partial charge in [0.15, 0.2) is 0 Å². The first kappa shape index (κ1) is 19.4. The summed E-state index contributed by atoms with van der Waals surface area (Å²) < 4.78 is 6.87. The number of unbranched alkanes of at least 4 members (excludes halogenated alkanes) is 1. The maximum atomic E-state index is 12.8. The van der Waals surface area contributed by atoms with Crippen LogP contribution in [0.4, 0.5) is 5.69 Å². The van der Waals surface area contributed by atoms with Gasteiger partial charge in [0.1, 0.15) is 10.6 Å². The Morgan fingerprint density at radius 2 is 2.19 bits per heavy atom. The van der Waals surface area contributed by atoms with Gasteiger partial charge in [-0.3, -0.25) is 14.2 Å². The minimum atomic E-state index is -0.324. The number of hydrogen-bond acceptors (Lipinski definition) is 5. The summed E-state index contributed by atoms with van der Waals surface area (Å²) in [5.41, 5.74) is 0.999. The number of aryl methyl sites for hydroxylation is 2. The van der Waals surface area contributed by atoms with Crippen LogP contribution >= 0.6 is 22.9 Å². The summed E-state index contributed by atoms with van der Waals surface area (Å²) in [6.45, 7) is 4.46. The Morgan fingerprint density at radius 1 is 1.41 bits per heavy atom. The Kier molecular flexibility index (Phi) is 5.82. The molecule has 1 amide bonds. The van der Waals surface area contributed by atoms with E-state index in [0.29, 0.717) is 43.7 Å². The molecule has 0 fully saturated rings. The van der Waals surface area contributed by atoms with E-state index >= 15 is 0 Å². The van der Waals surface area contributed by atoms with E-state index in [9.17, 15) is 9.59 Å². The highest BCUT2D eigenvalue weighted by Crippen LogP contribution is 2.31. The van der Waals surface area contributed by atoms with E-state index in [1.807, 2.05) is 0 Å². The standard InChI is InChI=1S/C19H20ClN3O3S/c1-4-5-8-23-10-21-18-15(19(23)25)11(2)16(27-18)17(24)22-13-9-12(20)6-7-14(13)26-3/h6-7,9-10H,4-5,8H2,1-3H3,(H,22,24). The molecule has 1 N–H and O–H groups in total. The van der Waals surface area contributed by atoms with Crippen LogP contribution < -0.4 is 15.6 Å². The molecule has 2 aromatic heterocycles. The quantitative estimate of drug-likeness (QED) is 0.656. The summed E-state index contributed by atoms with van der Waals surface area (Å²) in [5, 5.41) is 3.80. The monoisotopic (exact) mass is 405 g/mol. The van der Waals surface area contributed by atoms with Crippen molar-refractivity contribution in [3.8, 4) is 5.75 Å². The van der Waals surface area contributed by atoms with E-state index in [2.05, 4.69) is 17.2 Å². The maximum Gasteiger partial charge on any atom is 0.266 e. The molecule has 3 aromatic rings. The molecule has 0 saturated heterocycles. The Labute approximate surface area is 165 Å². The zero-order chi connectivity index (χ0) is 19.6. The van der Waals surface area contributed by atoms with Gasteiger partial charge in [0.2, 0.25) is 0 Å². The lowest BCUT2D eigenvalue weighted by molar-refractivity contribution is 0.102. The maximum absolute atomic E-state index is 12.8. The van der Waals surface area contributed by atoms with Crippen LogP contribution in [0, 0.1) is 6.92 Å². The molecule has 8 heteroatoms. The summed E-state index contributed by atoms with van der Waals surface area (Å²) >= 11 is 7.23. The number of nitrogens with one attached hydrogen (secondary N) is 1. The molecule has 142 valence electrons. The third-order valence-electron chi connectivity index (χ3n) is 4.29. The fraction of sp³-hybridized carbons (Fsp3) is 0.316. The first-order chi connectivity index (χ1) is 13.0. The van der Waals surface area contributed by atoms with Crippen molar-refractivity contribution in [2.24, 2.45) is 0 Å². The molecule has 0 aliphatic rings. The number of anilines is 1. The Balaban J connectivity index is 1.98. The van der Waals surface area contributed by atoms with Crippen molar-refractivity contribution in [1.29, 1.82) is 0 Å². The number of benzene rings is 1. The summed E-state index contributed by atoms with van der Waals surface area (Å²) in [5.74, 6) is 0.183. The number of hydrogen-bond donors (Lipinski definition) is 1. The predicted octanol–water partition coefficient (Wildman–Crippen LogP) is 4.48. The minimum Gasteiger partial charge on any atom is -0.495 e. The van der Waals surface area contributed by atoms with E-state index < -0.39 is 0 Å². The van der Waals surface area contributed by atoms with Gasteiger partial charge in [0.25, 0.3) is 11.5 Å². The highest BCUT2D eigenvalue weighted by Gasteiger charge is 2.20. The van der Waals surface area contributed by atoms with Crippen molar-refractivity contribution in [2.45, 2.75) is 33.2 Å². The van der Waals surface area contributed by atoms with Crippen LogP contribution in [0.5, 0.6) is 5.75 Å². The van der Waals surface area contributed by atoms with Crippen LogP contribution in [-0.2, 0) is 6.54 Å². The molecule has 27 heavy (non-hydrogen) atoms. The van der Waals surface area contributed by atoms with Crippen LogP contribution in [0.3, 0.4) is 0 Å². The molecule has 3 rings (SSSR count). The van der Waals surface area contributed by atoms with Gasteiger partial charge < -0.3 is 10.1 Å². The van der Waals surface area contributed by atoms with Gasteiger partial charge >= 0.3 is 0 Å². The van der Waals surface area contributed by atoms with Crippen molar-refractivity contribution >= 4 is 44.7 Å². The van der Waals surface area contributed by atoms with Gasteiger partial charge in [0, 0.05) is 11.6 Å². The highest BCUT2D eigenvalue weighted by molar-refractivity contribution is 7.20. The molecular formula is C19H20ClN3O3S. The van der Waals surface area contributed by atoms with E-state index in [-0.39, 0.29) is 11.5 Å². The SMILES string of the molecule is CCCCn1cnc2sc(C(=O)Nc3cc(Cl)ccc3OC)c(C)c2c1=O. The van der Waals surface area contributed by atoms with E-state index in [1.165, 1.54) is 18.4 Å². The molecule has 6 nitrogen and oxygen atoms in total. The Hall–Kier alpha value is -2.38. The molecule has 0 unspecified atom stereocenters. The predicted molar refractivity (Wildman–Crippen MR) is 109 cm³/mol. The number of aromatic nitrogens is 2. The minimum absolute atomic E-state index is 0.110. The average Bonchev–Trinajstić information content (AvgIpc) is 2.99. The number of carbonyl (C=O) groups excluding carboxylic acids is 1. The van der Waals surface area contributed by atoms with Gasteiger partial charge in [-0.2, -0.15) is 0 Å². The Bertz CT molecular complexity index is 1060. The normalized spacial score (nSPS) is 11.0. The van der Waals surface area contributed by atoms with Crippen LogP contribution in [0.1, 0.15) is 35.0 Å². The average molecular weight is 406 g/mol. The molecule has 0 radical (unpaired) electrons. The van der Waals surface area contributed by atoms with Crippen LogP contribution in [0.25, 0.3) is 10.2 Å². The second-order valence-corrected chi connectivity index (χ2v) is 7.57. The lowest BCUT2D eigenvalue weighted by Crippen LogP contribution is -2.20. The molecule has 2 heterocycles. The molecule has 1 aromatic carbocycles. The molecular weight excluding hydrogens is 386 g/mol. The Morgan fingerprint density at radius 3 is 2.89 bits per heavy atom. The molecule has 0 bridgehead atoms. The van der Waals surface area contributed by atoms with E-state index in [1.54, 1.807) is 36.0 Å². The number of nitrogens with zero attached hydrogens (tertiary/aromatic N) is 2. The van der Waals surface area contributed by atoms with Crippen LogP contribution in [0.15, 0.2) is 29.3 Å². The lowest BCUT2D eigenvalue weighted by atomic mass is 10.2. The van der Waals surface area contributed by atoms with Gasteiger partial charge in [-0.25, -0.2) is 4.98 Å². The summed E-state index contributed by atoms with van der Waals surface area (Å²) in [6, 6.07) is 4.99. The number of carbonyl (C=O) groups is 1. The second-order valence-electron chi connectivity index (χ2n) is 6.13. The van der Waals surface area contributed by atoms with Crippen LogP contribution in [0.2, 0.25) is 5.02 Å². The fourth-order valence-electron chi connectivity index (χ4n) is 2.82. The highest BCUT2D eigenvalue weighted by atomic mass is 35.5. The number of rotatable bonds is 6. The van der Waals surface area contributed by atoms with Gasteiger partial charge in [-0.05, 0) is 37.1 Å². The molecule has 0 atom stereocenters. The van der Waals surface area contributed by atoms with Gasteiger partial charge in [0.05, 0.1) is 29.4 Å². The second kappa shape index (κ2) is 8.10. The molecule has 0 spiro atoms.